The van der Waals surface area contributed by atoms with Crippen LogP contribution in [0.25, 0.3) is 77.7 Å². The topological polar surface area (TPSA) is 71.3 Å². The molecule has 1 amide bonds. The summed E-state index contributed by atoms with van der Waals surface area (Å²) in [6.07, 6.45) is 0.816. The van der Waals surface area contributed by atoms with Crippen LogP contribution in [0.1, 0.15) is 0 Å². The van der Waals surface area contributed by atoms with Crippen LogP contribution in [0.5, 0.6) is 0 Å². The molecule has 0 atom stereocenters. The van der Waals surface area contributed by atoms with Crippen molar-refractivity contribution in [2.24, 2.45) is 0 Å². The molecule has 2 heterocycles. The van der Waals surface area contributed by atoms with Crippen LogP contribution in [-0.4, -0.2) is 30.5 Å². The van der Waals surface area contributed by atoms with E-state index >= 15 is 0 Å². The summed E-state index contributed by atoms with van der Waals surface area (Å²) in [6, 6.07) is 45.4. The molecule has 1 N–H and O–H groups in total. The maximum absolute atomic E-state index is 11.6. The number of nitrogens with one attached hydrogen (secondary N) is 1. The Bertz CT molecular complexity index is 2450. The van der Waals surface area contributed by atoms with Gasteiger partial charge in [0.05, 0.1) is 22.8 Å². The Morgan fingerprint density at radius 2 is 1.30 bits per heavy atom. The summed E-state index contributed by atoms with van der Waals surface area (Å²) in [5.41, 5.74) is 9.93. The number of fused-ring (bicyclic) bond motifs is 5. The summed E-state index contributed by atoms with van der Waals surface area (Å²) >= 11 is 0. The molecular formula is C41H30N4O2. The molecule has 0 bridgehead atoms. The zero-order valence-electron chi connectivity index (χ0n) is 25.9. The number of carbonyl (C=O) groups excluding carboxylic acids is 1. The second kappa shape index (κ2) is 11.6. The first-order chi connectivity index (χ1) is 23.1. The number of carbonyl (C=O) groups is 1. The zero-order valence-corrected chi connectivity index (χ0v) is 25.9. The van der Waals surface area contributed by atoms with Gasteiger partial charge in [0.1, 0.15) is 11.2 Å². The van der Waals surface area contributed by atoms with E-state index < -0.39 is 0 Å². The molecule has 6 aromatic carbocycles. The van der Waals surface area contributed by atoms with Crippen LogP contribution >= 0.6 is 0 Å². The lowest BCUT2D eigenvalue weighted by Gasteiger charge is -2.17. The van der Waals surface area contributed by atoms with Gasteiger partial charge in [-0.1, -0.05) is 84.9 Å². The van der Waals surface area contributed by atoms with Crippen LogP contribution in [0.3, 0.4) is 0 Å². The fourth-order valence-corrected chi connectivity index (χ4v) is 6.30. The fourth-order valence-electron chi connectivity index (χ4n) is 6.30. The Balaban J connectivity index is 1.29. The van der Waals surface area contributed by atoms with Gasteiger partial charge in [0.2, 0.25) is 6.41 Å². The van der Waals surface area contributed by atoms with Crippen molar-refractivity contribution in [3.63, 3.8) is 0 Å². The van der Waals surface area contributed by atoms with Crippen LogP contribution < -0.4 is 10.2 Å². The molecule has 0 unspecified atom stereocenters. The number of aromatic nitrogens is 2. The van der Waals surface area contributed by atoms with Crippen LogP contribution in [-0.2, 0) is 4.79 Å². The van der Waals surface area contributed by atoms with E-state index in [1.807, 2.05) is 67.7 Å². The van der Waals surface area contributed by atoms with Gasteiger partial charge < -0.3 is 14.6 Å². The van der Waals surface area contributed by atoms with Gasteiger partial charge in [-0.2, -0.15) is 0 Å². The van der Waals surface area contributed by atoms with Gasteiger partial charge in [0.15, 0.2) is 5.82 Å². The monoisotopic (exact) mass is 610 g/mol. The van der Waals surface area contributed by atoms with Crippen molar-refractivity contribution in [3.05, 3.63) is 133 Å². The predicted octanol–water partition coefficient (Wildman–Crippen LogP) is 9.83. The van der Waals surface area contributed by atoms with Crippen molar-refractivity contribution in [1.29, 1.82) is 0 Å². The second-order valence-corrected chi connectivity index (χ2v) is 11.6. The molecular weight excluding hydrogens is 580 g/mol. The van der Waals surface area contributed by atoms with Crippen molar-refractivity contribution in [3.8, 4) is 45.0 Å². The number of hydrogen-bond acceptors (Lipinski definition) is 5. The quantitative estimate of drug-likeness (QED) is 0.182. The van der Waals surface area contributed by atoms with E-state index in [0.717, 1.165) is 84.3 Å². The van der Waals surface area contributed by atoms with Gasteiger partial charge in [-0.25, -0.2) is 9.97 Å². The smallest absolute Gasteiger partial charge is 0.213 e. The minimum Gasteiger partial charge on any atom is -0.456 e. The molecule has 8 rings (SSSR count). The molecule has 6 nitrogen and oxygen atoms in total. The van der Waals surface area contributed by atoms with E-state index in [0.29, 0.717) is 5.82 Å². The number of amides is 1. The average Bonchev–Trinajstić information content (AvgIpc) is 3.53. The maximum Gasteiger partial charge on any atom is 0.213 e. The minimum atomic E-state index is 0.652. The Morgan fingerprint density at radius 1 is 0.617 bits per heavy atom. The van der Waals surface area contributed by atoms with Crippen LogP contribution in [0.15, 0.2) is 138 Å². The lowest BCUT2D eigenvalue weighted by molar-refractivity contribution is -0.107. The number of furan rings is 1. The van der Waals surface area contributed by atoms with E-state index in [1.165, 1.54) is 5.39 Å². The summed E-state index contributed by atoms with van der Waals surface area (Å²) in [5.74, 6) is 0.652. The van der Waals surface area contributed by atoms with Gasteiger partial charge in [-0.15, -0.1) is 0 Å². The molecule has 0 saturated carbocycles. The van der Waals surface area contributed by atoms with Gasteiger partial charge >= 0.3 is 0 Å². The fraction of sp³-hybridized carbons (Fsp3) is 0.0488. The van der Waals surface area contributed by atoms with Gasteiger partial charge in [-0.3, -0.25) is 4.79 Å². The summed E-state index contributed by atoms with van der Waals surface area (Å²) < 4.78 is 6.28. The molecule has 0 spiro atoms. The highest BCUT2D eigenvalue weighted by Crippen LogP contribution is 2.38. The largest absolute Gasteiger partial charge is 0.456 e. The first kappa shape index (κ1) is 28.2. The van der Waals surface area contributed by atoms with Gasteiger partial charge in [0, 0.05) is 41.6 Å². The zero-order chi connectivity index (χ0) is 31.9. The number of benzene rings is 6. The highest BCUT2D eigenvalue weighted by atomic mass is 16.3. The molecule has 0 aliphatic carbocycles. The first-order valence-electron chi connectivity index (χ1n) is 15.5. The van der Waals surface area contributed by atoms with E-state index in [9.17, 15) is 4.79 Å². The number of rotatable bonds is 7. The first-order valence-corrected chi connectivity index (χ1v) is 15.5. The highest BCUT2D eigenvalue weighted by Gasteiger charge is 2.16. The van der Waals surface area contributed by atoms with E-state index in [2.05, 4.69) is 78.1 Å². The van der Waals surface area contributed by atoms with Gasteiger partial charge in [-0.05, 0) is 70.4 Å². The van der Waals surface area contributed by atoms with Crippen molar-refractivity contribution >= 4 is 50.5 Å². The molecule has 0 radical (unpaired) electrons. The Kier molecular flexibility index (Phi) is 6.95. The molecule has 6 heteroatoms. The maximum atomic E-state index is 11.6. The van der Waals surface area contributed by atoms with Gasteiger partial charge in [0.25, 0.3) is 0 Å². The predicted molar refractivity (Wildman–Crippen MR) is 193 cm³/mol. The standard InChI is InChI=1S/C41H30N4O2/c1-42-34-18-15-29(23-37(34)45(2)25-46)28-12-8-13-30(21-28)35-24-36(44-41(43-35)27-10-4-3-5-11-27)31-17-19-38-33(22-31)40-32-14-7-6-9-26(32)16-20-39(40)47-38/h3-25,42H,1-2H3. The summed E-state index contributed by atoms with van der Waals surface area (Å²) in [7, 11) is 3.60. The van der Waals surface area contributed by atoms with Crippen LogP contribution in [0.4, 0.5) is 11.4 Å². The molecule has 0 fully saturated rings. The lowest BCUT2D eigenvalue weighted by Crippen LogP contribution is -2.15. The molecule has 8 aromatic rings. The molecule has 226 valence electrons. The van der Waals surface area contributed by atoms with Crippen LogP contribution in [0.2, 0.25) is 0 Å². The number of nitrogens with zero attached hydrogens (tertiary/aromatic N) is 3. The summed E-state index contributed by atoms with van der Waals surface area (Å²) in [4.78, 5) is 23.3. The molecule has 0 aliphatic rings. The third kappa shape index (κ3) is 5.06. The SMILES string of the molecule is CNc1ccc(-c2cccc(-c3cc(-c4ccc5oc6ccc7ccccc7c6c5c4)nc(-c4ccccc4)n3)c2)cc1N(C)C=O. The van der Waals surface area contributed by atoms with Crippen molar-refractivity contribution in [1.82, 2.24) is 9.97 Å². The van der Waals surface area contributed by atoms with Crippen molar-refractivity contribution in [2.45, 2.75) is 0 Å². The third-order valence-corrected chi connectivity index (χ3v) is 8.71. The highest BCUT2D eigenvalue weighted by molar-refractivity contribution is 6.19. The second-order valence-electron chi connectivity index (χ2n) is 11.6. The lowest BCUT2D eigenvalue weighted by atomic mass is 9.99. The molecule has 0 saturated heterocycles. The van der Waals surface area contributed by atoms with E-state index in [-0.39, 0.29) is 0 Å². The molecule has 47 heavy (non-hydrogen) atoms. The number of anilines is 2. The Hall–Kier alpha value is -6.27. The van der Waals surface area contributed by atoms with Crippen LogP contribution in [0, 0.1) is 0 Å². The minimum absolute atomic E-state index is 0.652. The summed E-state index contributed by atoms with van der Waals surface area (Å²) in [6.45, 7) is 0. The average molecular weight is 611 g/mol. The summed E-state index contributed by atoms with van der Waals surface area (Å²) in [5, 5.41) is 7.67. The van der Waals surface area contributed by atoms with Crippen molar-refractivity contribution < 1.29 is 9.21 Å². The van der Waals surface area contributed by atoms with Crippen molar-refractivity contribution in [2.75, 3.05) is 24.3 Å². The molecule has 2 aromatic heterocycles. The molecule has 0 aliphatic heterocycles. The number of hydrogen-bond donors (Lipinski definition) is 1. The van der Waals surface area contributed by atoms with E-state index in [4.69, 9.17) is 14.4 Å². The van der Waals surface area contributed by atoms with E-state index in [1.54, 1.807) is 11.9 Å². The Morgan fingerprint density at radius 3 is 2.11 bits per heavy atom. The Labute approximate surface area is 272 Å². The third-order valence-electron chi connectivity index (χ3n) is 8.71. The normalized spacial score (nSPS) is 11.3.